The highest BCUT2D eigenvalue weighted by Gasteiger charge is 2.24. The van der Waals surface area contributed by atoms with Crippen LogP contribution in [0, 0.1) is 0 Å². The summed E-state index contributed by atoms with van der Waals surface area (Å²) < 4.78 is 10.9. The van der Waals surface area contributed by atoms with Crippen LogP contribution in [0.3, 0.4) is 0 Å². The third-order valence-corrected chi connectivity index (χ3v) is 4.46. The van der Waals surface area contributed by atoms with E-state index in [0.717, 1.165) is 51.9 Å². The van der Waals surface area contributed by atoms with Crippen LogP contribution in [0.1, 0.15) is 94.9 Å². The lowest BCUT2D eigenvalue weighted by molar-refractivity contribution is 0.0468. The van der Waals surface area contributed by atoms with Crippen molar-refractivity contribution >= 4 is 12.1 Å². The molecule has 0 aromatic heterocycles. The highest BCUT2D eigenvalue weighted by atomic mass is 16.6. The maximum atomic E-state index is 11.9. The number of nitrogens with one attached hydrogen (secondary N) is 3. The van der Waals surface area contributed by atoms with E-state index in [1.807, 2.05) is 55.4 Å². The van der Waals surface area contributed by atoms with Crippen LogP contribution in [0.4, 0.5) is 4.79 Å². The Morgan fingerprint density at radius 1 is 0.750 bits per heavy atom. The molecule has 0 aromatic rings. The standard InChI is InChI=1S/C24H51N5O3/c1-21(2,3)31-19(25)28-23(7,8)13-17-26-15-11-12-16-27-18-14-24(9,10)29-20(30)32-22(4,5)6/h26-27H,11-18H2,1-10H3,(H2,25,28)(H,29,30). The molecule has 0 rings (SSSR count). The van der Waals surface area contributed by atoms with Gasteiger partial charge in [0.05, 0.1) is 5.54 Å². The molecule has 0 saturated heterocycles. The number of unbranched alkanes of at least 4 members (excludes halogenated alkanes) is 1. The molecule has 1 amide bonds. The number of ether oxygens (including phenoxy) is 2. The van der Waals surface area contributed by atoms with Gasteiger partial charge in [-0.3, -0.25) is 0 Å². The fourth-order valence-electron chi connectivity index (χ4n) is 2.88. The van der Waals surface area contributed by atoms with Crippen LogP contribution in [-0.2, 0) is 9.47 Å². The Balaban J connectivity index is 3.86. The SMILES string of the molecule is CC(C)(CCNCCCCNCCC(C)(C)NC(=O)OC(C)(C)C)N=C(N)OC(C)(C)C. The number of hydrogen-bond donors (Lipinski definition) is 4. The van der Waals surface area contributed by atoms with Gasteiger partial charge in [0.1, 0.15) is 11.2 Å². The number of aliphatic imine (C=N–C) groups is 1. The van der Waals surface area contributed by atoms with Crippen molar-refractivity contribution in [3.63, 3.8) is 0 Å². The van der Waals surface area contributed by atoms with Crippen LogP contribution < -0.4 is 21.7 Å². The predicted octanol–water partition coefficient (Wildman–Crippen LogP) is 3.94. The molecule has 0 radical (unpaired) electrons. The van der Waals surface area contributed by atoms with Gasteiger partial charge in [-0.15, -0.1) is 0 Å². The normalized spacial score (nSPS) is 13.8. The average molecular weight is 458 g/mol. The Kier molecular flexibility index (Phi) is 12.6. The van der Waals surface area contributed by atoms with E-state index in [-0.39, 0.29) is 28.8 Å². The van der Waals surface area contributed by atoms with Gasteiger partial charge in [0.15, 0.2) is 0 Å². The van der Waals surface area contributed by atoms with Crippen LogP contribution in [0.5, 0.6) is 0 Å². The summed E-state index contributed by atoms with van der Waals surface area (Å²) in [6.45, 7) is 23.3. The molecule has 32 heavy (non-hydrogen) atoms. The van der Waals surface area contributed by atoms with Crippen molar-refractivity contribution < 1.29 is 14.3 Å². The minimum atomic E-state index is -0.483. The maximum Gasteiger partial charge on any atom is 0.408 e. The van der Waals surface area contributed by atoms with E-state index in [1.54, 1.807) is 0 Å². The molecule has 0 spiro atoms. The van der Waals surface area contributed by atoms with Gasteiger partial charge in [-0.1, -0.05) is 0 Å². The van der Waals surface area contributed by atoms with E-state index >= 15 is 0 Å². The molecule has 8 nitrogen and oxygen atoms in total. The van der Waals surface area contributed by atoms with Gasteiger partial charge >= 0.3 is 6.09 Å². The highest BCUT2D eigenvalue weighted by Crippen LogP contribution is 2.15. The smallest absolute Gasteiger partial charge is 0.408 e. The number of amides is 1. The Labute approximate surface area is 196 Å². The van der Waals surface area contributed by atoms with Crippen molar-refractivity contribution in [3.8, 4) is 0 Å². The van der Waals surface area contributed by atoms with Gasteiger partial charge in [0.2, 0.25) is 0 Å². The number of rotatable bonds is 13. The second-order valence-electron chi connectivity index (χ2n) is 11.7. The number of carbonyl (C=O) groups is 1. The maximum absolute atomic E-state index is 11.9. The first kappa shape index (κ1) is 30.5. The van der Waals surface area contributed by atoms with Gasteiger partial charge in [-0.05, 0) is 121 Å². The average Bonchev–Trinajstić information content (AvgIpc) is 2.51. The van der Waals surface area contributed by atoms with E-state index in [0.29, 0.717) is 0 Å². The molecule has 0 aliphatic carbocycles. The second-order valence-corrected chi connectivity index (χ2v) is 11.7. The number of nitrogens with zero attached hydrogens (tertiary/aromatic N) is 1. The summed E-state index contributed by atoms with van der Waals surface area (Å²) in [5.41, 5.74) is 4.52. The summed E-state index contributed by atoms with van der Waals surface area (Å²) >= 11 is 0. The number of hydrogen-bond acceptors (Lipinski definition) is 6. The fraction of sp³-hybridized carbons (Fsp3) is 0.917. The highest BCUT2D eigenvalue weighted by molar-refractivity contribution is 5.72. The Morgan fingerprint density at radius 2 is 1.22 bits per heavy atom. The molecule has 0 bridgehead atoms. The Bertz CT molecular complexity index is 575. The van der Waals surface area contributed by atoms with E-state index in [9.17, 15) is 4.79 Å². The first-order valence-corrected chi connectivity index (χ1v) is 11.9. The molecule has 0 aliphatic heterocycles. The van der Waals surface area contributed by atoms with Crippen molar-refractivity contribution in [1.82, 2.24) is 16.0 Å². The summed E-state index contributed by atoms with van der Waals surface area (Å²) in [6.07, 6.45) is 3.56. The first-order chi connectivity index (χ1) is 14.4. The predicted molar refractivity (Wildman–Crippen MR) is 134 cm³/mol. The lowest BCUT2D eigenvalue weighted by Crippen LogP contribution is -2.47. The molecular weight excluding hydrogens is 406 g/mol. The van der Waals surface area contributed by atoms with Crippen molar-refractivity contribution in [2.75, 3.05) is 26.2 Å². The summed E-state index contributed by atoms with van der Waals surface area (Å²) in [5.74, 6) is 0. The van der Waals surface area contributed by atoms with Crippen molar-refractivity contribution in [1.29, 1.82) is 0 Å². The minimum absolute atomic E-state index is 0.248. The lowest BCUT2D eigenvalue weighted by Gasteiger charge is -2.28. The molecule has 0 fully saturated rings. The van der Waals surface area contributed by atoms with Gasteiger partial charge < -0.3 is 31.2 Å². The summed E-state index contributed by atoms with van der Waals surface area (Å²) in [5, 5.41) is 9.87. The molecule has 0 unspecified atom stereocenters. The molecule has 5 N–H and O–H groups in total. The Hall–Kier alpha value is -1.54. The quantitative estimate of drug-likeness (QED) is 0.189. The summed E-state index contributed by atoms with van der Waals surface area (Å²) in [4.78, 5) is 16.4. The van der Waals surface area contributed by atoms with Crippen molar-refractivity contribution in [2.24, 2.45) is 10.7 Å². The number of nitrogens with two attached hydrogens (primary N) is 1. The third-order valence-electron chi connectivity index (χ3n) is 4.46. The number of alkyl carbamates (subject to hydrolysis) is 1. The van der Waals surface area contributed by atoms with Gasteiger partial charge in [0, 0.05) is 5.54 Å². The second kappa shape index (κ2) is 13.2. The van der Waals surface area contributed by atoms with Crippen LogP contribution >= 0.6 is 0 Å². The molecule has 8 heteroatoms. The summed E-state index contributed by atoms with van der Waals surface area (Å²) in [7, 11) is 0. The monoisotopic (exact) mass is 457 g/mol. The van der Waals surface area contributed by atoms with E-state index < -0.39 is 5.60 Å². The van der Waals surface area contributed by atoms with Gasteiger partial charge in [0.25, 0.3) is 6.02 Å². The van der Waals surface area contributed by atoms with Gasteiger partial charge in [-0.25, -0.2) is 9.79 Å². The van der Waals surface area contributed by atoms with Gasteiger partial charge in [-0.2, -0.15) is 0 Å². The Morgan fingerprint density at radius 3 is 1.69 bits per heavy atom. The zero-order valence-electron chi connectivity index (χ0n) is 22.4. The third kappa shape index (κ3) is 19.2. The largest absolute Gasteiger partial charge is 0.460 e. The van der Waals surface area contributed by atoms with Crippen molar-refractivity contribution in [3.05, 3.63) is 0 Å². The van der Waals surface area contributed by atoms with Crippen LogP contribution in [-0.4, -0.2) is 60.6 Å². The number of amidine groups is 1. The molecular formula is C24H51N5O3. The van der Waals surface area contributed by atoms with E-state index in [1.165, 1.54) is 0 Å². The van der Waals surface area contributed by atoms with Crippen molar-refractivity contribution in [2.45, 2.75) is 117 Å². The van der Waals surface area contributed by atoms with Crippen LogP contribution in [0.15, 0.2) is 4.99 Å². The zero-order chi connectivity index (χ0) is 25.1. The minimum Gasteiger partial charge on any atom is -0.460 e. The zero-order valence-corrected chi connectivity index (χ0v) is 22.4. The summed E-state index contributed by atoms with van der Waals surface area (Å²) in [6, 6.07) is 0.248. The lowest BCUT2D eigenvalue weighted by atomic mass is 10.0. The molecule has 0 aromatic carbocycles. The number of carbonyl (C=O) groups excluding carboxylic acids is 1. The van der Waals surface area contributed by atoms with E-state index in [4.69, 9.17) is 15.2 Å². The molecule has 0 atom stereocenters. The molecule has 0 heterocycles. The first-order valence-electron chi connectivity index (χ1n) is 11.9. The topological polar surface area (TPSA) is 110 Å². The van der Waals surface area contributed by atoms with E-state index in [2.05, 4.69) is 34.8 Å². The fourth-order valence-corrected chi connectivity index (χ4v) is 2.88. The molecule has 0 aliphatic rings. The van der Waals surface area contributed by atoms with Crippen LogP contribution in [0.2, 0.25) is 0 Å². The molecule has 0 saturated carbocycles. The van der Waals surface area contributed by atoms with Crippen LogP contribution in [0.25, 0.3) is 0 Å². The molecule has 190 valence electrons.